The minimum absolute atomic E-state index is 0. The minimum atomic E-state index is -3.57. The maximum absolute atomic E-state index is 13.3. The van der Waals surface area contributed by atoms with E-state index in [-0.39, 0.29) is 21.8 Å². The van der Waals surface area contributed by atoms with E-state index in [2.05, 4.69) is 21.2 Å². The van der Waals surface area contributed by atoms with Crippen LogP contribution in [0.4, 0.5) is 4.39 Å². The summed E-state index contributed by atoms with van der Waals surface area (Å²) in [7, 11) is -3.57. The Hall–Kier alpha value is -0.210. The Morgan fingerprint density at radius 3 is 2.44 bits per heavy atom. The quantitative estimate of drug-likeness (QED) is 0.873. The zero-order chi connectivity index (χ0) is 12.5. The van der Waals surface area contributed by atoms with Crippen LogP contribution in [0.25, 0.3) is 0 Å². The van der Waals surface area contributed by atoms with E-state index in [0.29, 0.717) is 26.2 Å². The minimum Gasteiger partial charge on any atom is -0.314 e. The van der Waals surface area contributed by atoms with Crippen LogP contribution in [0.15, 0.2) is 27.6 Å². The molecule has 1 fully saturated rings. The van der Waals surface area contributed by atoms with Gasteiger partial charge in [-0.3, -0.25) is 0 Å². The van der Waals surface area contributed by atoms with Gasteiger partial charge in [-0.15, -0.1) is 12.4 Å². The van der Waals surface area contributed by atoms with Gasteiger partial charge < -0.3 is 5.32 Å². The van der Waals surface area contributed by atoms with Crippen molar-refractivity contribution in [3.63, 3.8) is 0 Å². The summed E-state index contributed by atoms with van der Waals surface area (Å²) in [6.45, 7) is 2.08. The molecule has 1 heterocycles. The van der Waals surface area contributed by atoms with Crippen molar-refractivity contribution in [2.45, 2.75) is 4.90 Å². The smallest absolute Gasteiger partial charge is 0.243 e. The van der Waals surface area contributed by atoms with E-state index in [1.54, 1.807) is 0 Å². The Bertz CT molecular complexity index is 521. The second kappa shape index (κ2) is 6.29. The molecule has 1 N–H and O–H groups in total. The average molecular weight is 360 g/mol. The third kappa shape index (κ3) is 3.21. The summed E-state index contributed by atoms with van der Waals surface area (Å²) in [5.41, 5.74) is 0. The fourth-order valence-electron chi connectivity index (χ4n) is 1.67. The number of nitrogens with one attached hydrogen (secondary N) is 1. The van der Waals surface area contributed by atoms with Crippen LogP contribution in [0.3, 0.4) is 0 Å². The highest BCUT2D eigenvalue weighted by atomic mass is 79.9. The first-order chi connectivity index (χ1) is 8.01. The van der Waals surface area contributed by atoms with Gasteiger partial charge in [0.05, 0.1) is 9.37 Å². The van der Waals surface area contributed by atoms with Crippen molar-refractivity contribution >= 4 is 38.4 Å². The molecule has 0 radical (unpaired) electrons. The molecule has 2 rings (SSSR count). The van der Waals surface area contributed by atoms with Crippen molar-refractivity contribution in [1.29, 1.82) is 0 Å². The number of hydrogen-bond acceptors (Lipinski definition) is 3. The van der Waals surface area contributed by atoms with Crippen molar-refractivity contribution in [1.82, 2.24) is 9.62 Å². The molecule has 0 aliphatic carbocycles. The standard InChI is InChI=1S/C10H12BrFN2O2S.ClH/c11-9-2-1-8(7-10(9)12)17(15,16)14-5-3-13-4-6-14;/h1-2,7,13H,3-6H2;1H. The summed E-state index contributed by atoms with van der Waals surface area (Å²) in [5, 5.41) is 3.07. The van der Waals surface area contributed by atoms with E-state index >= 15 is 0 Å². The third-order valence-corrected chi connectivity index (χ3v) is 5.14. The Morgan fingerprint density at radius 1 is 1.28 bits per heavy atom. The van der Waals surface area contributed by atoms with Crippen LogP contribution in [-0.4, -0.2) is 38.9 Å². The topological polar surface area (TPSA) is 49.4 Å². The van der Waals surface area contributed by atoms with Crippen molar-refractivity contribution in [2.24, 2.45) is 0 Å². The van der Waals surface area contributed by atoms with Gasteiger partial charge in [0.1, 0.15) is 5.82 Å². The van der Waals surface area contributed by atoms with Crippen LogP contribution in [-0.2, 0) is 10.0 Å². The predicted molar refractivity (Wildman–Crippen MR) is 73.0 cm³/mol. The van der Waals surface area contributed by atoms with Crippen LogP contribution in [0.5, 0.6) is 0 Å². The summed E-state index contributed by atoms with van der Waals surface area (Å²) < 4.78 is 39.3. The molecule has 0 unspecified atom stereocenters. The van der Waals surface area contributed by atoms with E-state index in [1.165, 1.54) is 16.4 Å². The Kier molecular flexibility index (Phi) is 5.54. The monoisotopic (exact) mass is 358 g/mol. The molecule has 1 aromatic carbocycles. The molecule has 0 aromatic heterocycles. The lowest BCUT2D eigenvalue weighted by Gasteiger charge is -2.26. The normalized spacial score (nSPS) is 17.2. The second-order valence-electron chi connectivity index (χ2n) is 3.73. The zero-order valence-corrected chi connectivity index (χ0v) is 12.6. The SMILES string of the molecule is Cl.O=S(=O)(c1ccc(Br)c(F)c1)N1CCNCC1. The molecule has 1 saturated heterocycles. The molecule has 0 amide bonds. The molecular weight excluding hydrogens is 347 g/mol. The molecule has 1 aliphatic rings. The Labute approximate surface area is 120 Å². The molecular formula is C10H13BrClFN2O2S. The van der Waals surface area contributed by atoms with Crippen LogP contribution < -0.4 is 5.32 Å². The highest BCUT2D eigenvalue weighted by Crippen LogP contribution is 2.22. The van der Waals surface area contributed by atoms with Crippen molar-refractivity contribution in [2.75, 3.05) is 26.2 Å². The molecule has 4 nitrogen and oxygen atoms in total. The molecule has 0 bridgehead atoms. The number of nitrogens with zero attached hydrogens (tertiary/aromatic N) is 1. The molecule has 102 valence electrons. The molecule has 0 saturated carbocycles. The second-order valence-corrected chi connectivity index (χ2v) is 6.52. The number of piperazine rings is 1. The summed E-state index contributed by atoms with van der Waals surface area (Å²) in [6, 6.07) is 3.86. The van der Waals surface area contributed by atoms with Crippen molar-refractivity contribution < 1.29 is 12.8 Å². The Balaban J connectivity index is 0.00000162. The number of rotatable bonds is 2. The Morgan fingerprint density at radius 2 is 1.89 bits per heavy atom. The maximum Gasteiger partial charge on any atom is 0.243 e. The van der Waals surface area contributed by atoms with Gasteiger partial charge in [-0.1, -0.05) is 0 Å². The molecule has 0 atom stereocenters. The van der Waals surface area contributed by atoms with Crippen LogP contribution in [0.1, 0.15) is 0 Å². The van der Waals surface area contributed by atoms with E-state index in [0.717, 1.165) is 6.07 Å². The highest BCUT2D eigenvalue weighted by Gasteiger charge is 2.26. The molecule has 8 heteroatoms. The largest absolute Gasteiger partial charge is 0.314 e. The molecule has 0 spiro atoms. The van der Waals surface area contributed by atoms with Gasteiger partial charge in [-0.05, 0) is 34.1 Å². The number of benzene rings is 1. The van der Waals surface area contributed by atoms with Crippen molar-refractivity contribution in [3.05, 3.63) is 28.5 Å². The molecule has 1 aliphatic heterocycles. The number of halogens is 3. The maximum atomic E-state index is 13.3. The van der Waals surface area contributed by atoms with Gasteiger partial charge in [0.2, 0.25) is 10.0 Å². The van der Waals surface area contributed by atoms with E-state index < -0.39 is 15.8 Å². The van der Waals surface area contributed by atoms with Crippen molar-refractivity contribution in [3.8, 4) is 0 Å². The predicted octanol–water partition coefficient (Wildman–Crippen LogP) is 1.60. The van der Waals surface area contributed by atoms with Gasteiger partial charge in [-0.2, -0.15) is 4.31 Å². The van der Waals surface area contributed by atoms with Gasteiger partial charge in [0, 0.05) is 26.2 Å². The molecule has 1 aromatic rings. The van der Waals surface area contributed by atoms with Gasteiger partial charge >= 0.3 is 0 Å². The zero-order valence-electron chi connectivity index (χ0n) is 9.40. The summed E-state index contributed by atoms with van der Waals surface area (Å²) >= 11 is 3.00. The molecule has 18 heavy (non-hydrogen) atoms. The highest BCUT2D eigenvalue weighted by molar-refractivity contribution is 9.10. The lowest BCUT2D eigenvalue weighted by atomic mass is 10.3. The third-order valence-electron chi connectivity index (χ3n) is 2.60. The fraction of sp³-hybridized carbons (Fsp3) is 0.400. The van der Waals surface area contributed by atoms with E-state index in [4.69, 9.17) is 0 Å². The average Bonchev–Trinajstić information content (AvgIpc) is 2.33. The summed E-state index contributed by atoms with van der Waals surface area (Å²) in [5.74, 6) is -0.568. The first-order valence-electron chi connectivity index (χ1n) is 5.18. The number of hydrogen-bond donors (Lipinski definition) is 1. The lowest BCUT2D eigenvalue weighted by Crippen LogP contribution is -2.46. The van der Waals surface area contributed by atoms with Crippen LogP contribution in [0.2, 0.25) is 0 Å². The summed E-state index contributed by atoms with van der Waals surface area (Å²) in [6.07, 6.45) is 0. The van der Waals surface area contributed by atoms with E-state index in [1.807, 2.05) is 0 Å². The number of sulfonamides is 1. The summed E-state index contributed by atoms with van der Waals surface area (Å²) in [4.78, 5) is 0.0000926. The fourth-order valence-corrected chi connectivity index (χ4v) is 3.37. The van der Waals surface area contributed by atoms with Gasteiger partial charge in [0.15, 0.2) is 0 Å². The van der Waals surface area contributed by atoms with E-state index in [9.17, 15) is 12.8 Å². The lowest BCUT2D eigenvalue weighted by molar-refractivity contribution is 0.360. The van der Waals surface area contributed by atoms with Gasteiger partial charge in [0.25, 0.3) is 0 Å². The van der Waals surface area contributed by atoms with Crippen LogP contribution in [0, 0.1) is 5.82 Å². The van der Waals surface area contributed by atoms with Crippen LogP contribution >= 0.6 is 28.3 Å². The first kappa shape index (κ1) is 15.8. The van der Waals surface area contributed by atoms with Gasteiger partial charge in [-0.25, -0.2) is 12.8 Å². The first-order valence-corrected chi connectivity index (χ1v) is 7.41.